The van der Waals surface area contributed by atoms with Crippen molar-refractivity contribution in [2.45, 2.75) is 15.3 Å². The molecule has 0 saturated heterocycles. The van der Waals surface area contributed by atoms with E-state index in [-0.39, 0.29) is 12.1 Å². The van der Waals surface area contributed by atoms with Crippen molar-refractivity contribution in [3.8, 4) is 0 Å². The molecule has 0 N–H and O–H groups in total. The normalized spacial score (nSPS) is 13.2. The highest BCUT2D eigenvalue weighted by Gasteiger charge is 2.47. The number of rotatable bonds is 3. The Kier molecular flexibility index (Phi) is 4.04. The van der Waals surface area contributed by atoms with Crippen LogP contribution in [0.3, 0.4) is 0 Å². The maximum Gasteiger partial charge on any atom is 0.501 e. The molecule has 0 radical (unpaired) electrons. The predicted octanol–water partition coefficient (Wildman–Crippen LogP) is 1.82. The van der Waals surface area contributed by atoms with Gasteiger partial charge in [-0.05, 0) is 12.1 Å². The van der Waals surface area contributed by atoms with Crippen LogP contribution in [0.1, 0.15) is 0 Å². The second-order valence-corrected chi connectivity index (χ2v) is 7.75. The maximum absolute atomic E-state index is 12.3. The van der Waals surface area contributed by atoms with E-state index in [0.29, 0.717) is 6.07 Å². The zero-order valence-corrected chi connectivity index (χ0v) is 11.3. The zero-order chi connectivity index (χ0) is 15.9. The van der Waals surface area contributed by atoms with Crippen molar-refractivity contribution < 1.29 is 34.9 Å². The Labute approximate surface area is 114 Å². The van der Waals surface area contributed by atoms with Crippen LogP contribution in [0, 0.1) is 10.1 Å². The van der Waals surface area contributed by atoms with Crippen LogP contribution in [-0.4, -0.2) is 27.3 Å². The summed E-state index contributed by atoms with van der Waals surface area (Å²) in [6.45, 7) is 0. The van der Waals surface area contributed by atoms with Crippen LogP contribution in [0.4, 0.5) is 18.9 Å². The molecule has 112 valence electrons. The molecule has 0 aliphatic rings. The molecule has 0 atom stereocenters. The molecule has 0 fully saturated rings. The molecule has 0 aliphatic carbocycles. The Balaban J connectivity index is 3.68. The van der Waals surface area contributed by atoms with Crippen molar-refractivity contribution in [2.75, 3.05) is 0 Å². The smallest absolute Gasteiger partial charge is 0.258 e. The van der Waals surface area contributed by atoms with E-state index in [9.17, 15) is 40.1 Å². The molecular weight excluding hydrogens is 351 g/mol. The first kappa shape index (κ1) is 16.7. The van der Waals surface area contributed by atoms with Crippen LogP contribution in [0.25, 0.3) is 0 Å². The lowest BCUT2D eigenvalue weighted by Crippen LogP contribution is -2.23. The SMILES string of the molecule is O=[N+]([O-])c1cc(S(=O)(=O)C(F)(F)F)ccc1S(=O)(=O)Cl. The van der Waals surface area contributed by atoms with Gasteiger partial charge >= 0.3 is 5.51 Å². The molecule has 0 heterocycles. The van der Waals surface area contributed by atoms with Crippen molar-refractivity contribution in [1.82, 2.24) is 0 Å². The Hall–Kier alpha value is -1.40. The highest BCUT2D eigenvalue weighted by molar-refractivity contribution is 8.13. The number of sulfone groups is 1. The van der Waals surface area contributed by atoms with E-state index in [1.54, 1.807) is 0 Å². The molecule has 0 spiro atoms. The first-order valence-electron chi connectivity index (χ1n) is 4.33. The van der Waals surface area contributed by atoms with Crippen LogP contribution < -0.4 is 0 Å². The predicted molar refractivity (Wildman–Crippen MR) is 59.4 cm³/mol. The molecule has 0 saturated carbocycles. The highest BCUT2D eigenvalue weighted by Crippen LogP contribution is 2.35. The number of benzene rings is 1. The second-order valence-electron chi connectivity index (χ2n) is 3.27. The molecule has 0 unspecified atom stereocenters. The van der Waals surface area contributed by atoms with Gasteiger partial charge < -0.3 is 0 Å². The molecule has 0 bridgehead atoms. The molecule has 1 rings (SSSR count). The van der Waals surface area contributed by atoms with Crippen LogP contribution in [0.15, 0.2) is 28.0 Å². The van der Waals surface area contributed by atoms with Gasteiger partial charge in [-0.1, -0.05) is 0 Å². The van der Waals surface area contributed by atoms with Crippen molar-refractivity contribution in [3.63, 3.8) is 0 Å². The molecule has 1 aromatic rings. The third-order valence-electron chi connectivity index (χ3n) is 2.00. The zero-order valence-electron chi connectivity index (χ0n) is 8.96. The number of halogens is 4. The summed E-state index contributed by atoms with van der Waals surface area (Å²) in [5, 5.41) is 10.6. The van der Waals surface area contributed by atoms with Crippen molar-refractivity contribution in [1.29, 1.82) is 0 Å². The average molecular weight is 354 g/mol. The fourth-order valence-corrected chi connectivity index (χ4v) is 2.93. The van der Waals surface area contributed by atoms with Crippen molar-refractivity contribution in [2.24, 2.45) is 0 Å². The lowest BCUT2D eigenvalue weighted by molar-refractivity contribution is -0.388. The van der Waals surface area contributed by atoms with Gasteiger partial charge in [-0.25, -0.2) is 16.8 Å². The number of alkyl halides is 3. The summed E-state index contributed by atoms with van der Waals surface area (Å²) in [5.74, 6) is 0. The van der Waals surface area contributed by atoms with E-state index < -0.39 is 44.8 Å². The number of nitro groups is 1. The molecule has 0 aromatic heterocycles. The fraction of sp³-hybridized carbons (Fsp3) is 0.143. The van der Waals surface area contributed by atoms with Crippen LogP contribution in [0.5, 0.6) is 0 Å². The molecule has 7 nitrogen and oxygen atoms in total. The van der Waals surface area contributed by atoms with Gasteiger partial charge in [-0.3, -0.25) is 10.1 Å². The Morgan fingerprint density at radius 1 is 1.15 bits per heavy atom. The Morgan fingerprint density at radius 2 is 1.65 bits per heavy atom. The van der Waals surface area contributed by atoms with Gasteiger partial charge in [-0.2, -0.15) is 13.2 Å². The molecule has 0 amide bonds. The first-order chi connectivity index (χ1) is 8.78. The molecule has 20 heavy (non-hydrogen) atoms. The van der Waals surface area contributed by atoms with E-state index in [4.69, 9.17) is 10.7 Å². The topological polar surface area (TPSA) is 111 Å². The fourth-order valence-electron chi connectivity index (χ4n) is 1.15. The van der Waals surface area contributed by atoms with E-state index in [0.717, 1.165) is 0 Å². The van der Waals surface area contributed by atoms with E-state index in [1.165, 1.54) is 0 Å². The quantitative estimate of drug-likeness (QED) is 0.465. The van der Waals surface area contributed by atoms with Gasteiger partial charge in [0.1, 0.15) is 0 Å². The summed E-state index contributed by atoms with van der Waals surface area (Å²) >= 11 is 0. The highest BCUT2D eigenvalue weighted by atomic mass is 35.7. The minimum Gasteiger partial charge on any atom is -0.258 e. The number of hydrogen-bond acceptors (Lipinski definition) is 6. The van der Waals surface area contributed by atoms with Crippen LogP contribution in [0.2, 0.25) is 0 Å². The summed E-state index contributed by atoms with van der Waals surface area (Å²) in [4.78, 5) is 6.68. The molecule has 13 heteroatoms. The van der Waals surface area contributed by atoms with E-state index in [2.05, 4.69) is 0 Å². The van der Waals surface area contributed by atoms with Crippen molar-refractivity contribution >= 4 is 35.3 Å². The van der Waals surface area contributed by atoms with Crippen LogP contribution >= 0.6 is 10.7 Å². The summed E-state index contributed by atoms with van der Waals surface area (Å²) in [6, 6.07) is 0.572. The van der Waals surface area contributed by atoms with Gasteiger partial charge in [0, 0.05) is 16.7 Å². The molecule has 0 aliphatic heterocycles. The number of nitro benzene ring substituents is 1. The van der Waals surface area contributed by atoms with Crippen LogP contribution in [-0.2, 0) is 18.9 Å². The number of nitrogens with zero attached hydrogens (tertiary/aromatic N) is 1. The van der Waals surface area contributed by atoms with E-state index >= 15 is 0 Å². The largest absolute Gasteiger partial charge is 0.501 e. The van der Waals surface area contributed by atoms with Gasteiger partial charge in [-0.15, -0.1) is 0 Å². The molecule has 1 aromatic carbocycles. The minimum absolute atomic E-state index is 0.0158. The van der Waals surface area contributed by atoms with Gasteiger partial charge in [0.15, 0.2) is 4.90 Å². The Bertz CT molecular complexity index is 770. The summed E-state index contributed by atoms with van der Waals surface area (Å²) < 4.78 is 81.0. The monoisotopic (exact) mass is 353 g/mol. The summed E-state index contributed by atoms with van der Waals surface area (Å²) in [5.41, 5.74) is -7.05. The first-order valence-corrected chi connectivity index (χ1v) is 8.12. The lowest BCUT2D eigenvalue weighted by atomic mass is 10.3. The summed E-state index contributed by atoms with van der Waals surface area (Å²) in [7, 11) is -5.60. The third-order valence-corrected chi connectivity index (χ3v) is 4.86. The standard InChI is InChI=1S/C7H3ClF3NO6S2/c8-20(17,18)6-2-1-4(3-5(6)12(13)14)19(15,16)7(9,10)11/h1-3H. The minimum atomic E-state index is -5.84. The average Bonchev–Trinajstić information content (AvgIpc) is 2.25. The Morgan fingerprint density at radius 3 is 2.00 bits per heavy atom. The van der Waals surface area contributed by atoms with Crippen molar-refractivity contribution in [3.05, 3.63) is 28.3 Å². The third kappa shape index (κ3) is 3.02. The maximum atomic E-state index is 12.3. The summed E-state index contributed by atoms with van der Waals surface area (Å²) in [6.07, 6.45) is 0. The second kappa shape index (κ2) is 4.86. The molecular formula is C7H3ClF3NO6S2. The lowest BCUT2D eigenvalue weighted by Gasteiger charge is -2.08. The van der Waals surface area contributed by atoms with Gasteiger partial charge in [0.2, 0.25) is 0 Å². The number of hydrogen-bond donors (Lipinski definition) is 0. The van der Waals surface area contributed by atoms with Gasteiger partial charge in [0.05, 0.1) is 9.82 Å². The van der Waals surface area contributed by atoms with E-state index in [1.807, 2.05) is 0 Å². The van der Waals surface area contributed by atoms with Gasteiger partial charge in [0.25, 0.3) is 24.6 Å².